The average Bonchev–Trinajstić information content (AvgIpc) is 2.38. The van der Waals surface area contributed by atoms with Crippen molar-refractivity contribution >= 4 is 11.6 Å². The Kier molecular flexibility index (Phi) is 5.83. The molecule has 1 aromatic rings. The Morgan fingerprint density at radius 3 is 2.95 bits per heavy atom. The third-order valence-corrected chi connectivity index (χ3v) is 3.01. The molecule has 0 saturated carbocycles. The minimum absolute atomic E-state index is 0.0755. The highest BCUT2D eigenvalue weighted by atomic mass is 16.2. The summed E-state index contributed by atoms with van der Waals surface area (Å²) in [6.07, 6.45) is 0.334. The van der Waals surface area contributed by atoms with E-state index in [1.54, 1.807) is 0 Å². The first-order valence-corrected chi connectivity index (χ1v) is 6.24. The lowest BCUT2D eigenvalue weighted by Crippen LogP contribution is -2.36. The van der Waals surface area contributed by atoms with Crippen molar-refractivity contribution in [3.05, 3.63) is 29.8 Å². The van der Waals surface area contributed by atoms with Gasteiger partial charge in [0, 0.05) is 18.3 Å². The fourth-order valence-corrected chi connectivity index (χ4v) is 1.75. The normalized spacial score (nSPS) is 11.9. The zero-order valence-electron chi connectivity index (χ0n) is 11.4. The van der Waals surface area contributed by atoms with Gasteiger partial charge in [0.1, 0.15) is 0 Å². The van der Waals surface area contributed by atoms with Crippen LogP contribution < -0.4 is 11.1 Å². The summed E-state index contributed by atoms with van der Waals surface area (Å²) in [7, 11) is 1.89. The fraction of sp³-hybridized carbons (Fsp3) is 0.429. The van der Waals surface area contributed by atoms with Crippen LogP contribution in [0.5, 0.6) is 0 Å². The lowest BCUT2D eigenvalue weighted by atomic mass is 10.1. The van der Waals surface area contributed by atoms with E-state index in [0.717, 1.165) is 11.3 Å². The first-order chi connectivity index (χ1) is 9.04. The molecular formula is C14H20N4O. The number of rotatable bonds is 6. The van der Waals surface area contributed by atoms with E-state index in [4.69, 9.17) is 11.0 Å². The number of nitrogens with one attached hydrogen (secondary N) is 1. The third-order valence-electron chi connectivity index (χ3n) is 3.01. The first-order valence-electron chi connectivity index (χ1n) is 6.24. The summed E-state index contributed by atoms with van der Waals surface area (Å²) in [5.41, 5.74) is 7.55. The van der Waals surface area contributed by atoms with E-state index < -0.39 is 0 Å². The molecule has 1 aromatic carbocycles. The van der Waals surface area contributed by atoms with Gasteiger partial charge < -0.3 is 11.1 Å². The Balaban J connectivity index is 2.51. The van der Waals surface area contributed by atoms with Crippen LogP contribution in [0.25, 0.3) is 0 Å². The molecule has 0 spiro atoms. The predicted octanol–water partition coefficient (Wildman–Crippen LogP) is 1.29. The second-order valence-corrected chi connectivity index (χ2v) is 4.52. The summed E-state index contributed by atoms with van der Waals surface area (Å²) in [5, 5.41) is 11.1. The van der Waals surface area contributed by atoms with Gasteiger partial charge in [0.05, 0.1) is 19.0 Å². The third kappa shape index (κ3) is 4.98. The van der Waals surface area contributed by atoms with E-state index >= 15 is 0 Å². The molecule has 0 aromatic heterocycles. The summed E-state index contributed by atoms with van der Waals surface area (Å²) in [6, 6.07) is 9.74. The Morgan fingerprint density at radius 1 is 1.58 bits per heavy atom. The number of hydrogen-bond acceptors (Lipinski definition) is 4. The number of benzene rings is 1. The van der Waals surface area contributed by atoms with Crippen molar-refractivity contribution in [1.29, 1.82) is 5.26 Å². The molecule has 0 heterocycles. The van der Waals surface area contributed by atoms with Crippen LogP contribution in [0.3, 0.4) is 0 Å². The van der Waals surface area contributed by atoms with Crippen LogP contribution in [-0.2, 0) is 4.79 Å². The molecular weight excluding hydrogens is 240 g/mol. The average molecular weight is 260 g/mol. The van der Waals surface area contributed by atoms with Gasteiger partial charge in [0.15, 0.2) is 0 Å². The largest absolute Gasteiger partial charge is 0.399 e. The molecule has 0 radical (unpaired) electrons. The summed E-state index contributed by atoms with van der Waals surface area (Å²) in [5.74, 6) is -0.0755. The number of anilines is 1. The molecule has 0 fully saturated rings. The predicted molar refractivity (Wildman–Crippen MR) is 75.1 cm³/mol. The van der Waals surface area contributed by atoms with E-state index in [1.807, 2.05) is 49.2 Å². The molecule has 0 aliphatic heterocycles. The SMILES string of the molecule is CC(c1cccc(N)c1)N(C)CC(=O)NCCC#N. The lowest BCUT2D eigenvalue weighted by molar-refractivity contribution is -0.122. The van der Waals surface area contributed by atoms with E-state index in [0.29, 0.717) is 19.5 Å². The fourth-order valence-electron chi connectivity index (χ4n) is 1.75. The number of amides is 1. The second kappa shape index (κ2) is 7.39. The maximum Gasteiger partial charge on any atom is 0.234 e. The van der Waals surface area contributed by atoms with Crippen molar-refractivity contribution < 1.29 is 4.79 Å². The van der Waals surface area contributed by atoms with Gasteiger partial charge in [-0.2, -0.15) is 5.26 Å². The number of hydrogen-bond donors (Lipinski definition) is 2. The smallest absolute Gasteiger partial charge is 0.234 e. The van der Waals surface area contributed by atoms with E-state index in [1.165, 1.54) is 0 Å². The van der Waals surface area contributed by atoms with Crippen molar-refractivity contribution in [3.63, 3.8) is 0 Å². The Labute approximate surface area is 114 Å². The molecule has 0 bridgehead atoms. The number of nitrogens with zero attached hydrogens (tertiary/aromatic N) is 2. The number of nitriles is 1. The minimum atomic E-state index is -0.0755. The van der Waals surface area contributed by atoms with Gasteiger partial charge in [-0.1, -0.05) is 12.1 Å². The number of carbonyl (C=O) groups is 1. The zero-order valence-corrected chi connectivity index (χ0v) is 11.4. The van der Waals surface area contributed by atoms with Crippen LogP contribution in [0.2, 0.25) is 0 Å². The van der Waals surface area contributed by atoms with Crippen molar-refractivity contribution in [2.24, 2.45) is 0 Å². The quantitative estimate of drug-likeness (QED) is 0.596. The number of nitrogens with two attached hydrogens (primary N) is 1. The van der Waals surface area contributed by atoms with Gasteiger partial charge in [-0.3, -0.25) is 9.69 Å². The molecule has 1 rings (SSSR count). The molecule has 3 N–H and O–H groups in total. The molecule has 5 heteroatoms. The topological polar surface area (TPSA) is 82.2 Å². The molecule has 0 aliphatic rings. The van der Waals surface area contributed by atoms with Crippen LogP contribution in [0.1, 0.15) is 24.9 Å². The van der Waals surface area contributed by atoms with Crippen LogP contribution in [-0.4, -0.2) is 30.9 Å². The lowest BCUT2D eigenvalue weighted by Gasteiger charge is -2.24. The molecule has 102 valence electrons. The van der Waals surface area contributed by atoms with Crippen molar-refractivity contribution in [2.75, 3.05) is 25.9 Å². The first kappa shape index (κ1) is 15.0. The molecule has 1 atom stereocenters. The maximum absolute atomic E-state index is 11.6. The summed E-state index contributed by atoms with van der Waals surface area (Å²) in [6.45, 7) is 2.72. The van der Waals surface area contributed by atoms with E-state index in [-0.39, 0.29) is 11.9 Å². The Morgan fingerprint density at radius 2 is 2.32 bits per heavy atom. The van der Waals surface area contributed by atoms with Gasteiger partial charge in [-0.15, -0.1) is 0 Å². The van der Waals surface area contributed by atoms with Crippen LogP contribution in [0.15, 0.2) is 24.3 Å². The zero-order chi connectivity index (χ0) is 14.3. The summed E-state index contributed by atoms with van der Waals surface area (Å²) in [4.78, 5) is 13.6. The maximum atomic E-state index is 11.6. The summed E-state index contributed by atoms with van der Waals surface area (Å²) < 4.78 is 0. The van der Waals surface area contributed by atoms with Crippen LogP contribution >= 0.6 is 0 Å². The highest BCUT2D eigenvalue weighted by Gasteiger charge is 2.14. The minimum Gasteiger partial charge on any atom is -0.399 e. The standard InChI is InChI=1S/C14H20N4O/c1-11(12-5-3-6-13(16)9-12)18(2)10-14(19)17-8-4-7-15/h3,5-6,9,11H,4,8,10,16H2,1-2H3,(H,17,19). The summed E-state index contributed by atoms with van der Waals surface area (Å²) >= 11 is 0. The molecule has 1 unspecified atom stereocenters. The monoisotopic (exact) mass is 260 g/mol. The molecule has 0 saturated heterocycles. The van der Waals surface area contributed by atoms with Gasteiger partial charge in [-0.05, 0) is 31.7 Å². The second-order valence-electron chi connectivity index (χ2n) is 4.52. The van der Waals surface area contributed by atoms with Crippen LogP contribution in [0.4, 0.5) is 5.69 Å². The molecule has 1 amide bonds. The van der Waals surface area contributed by atoms with E-state index in [9.17, 15) is 4.79 Å². The van der Waals surface area contributed by atoms with Crippen molar-refractivity contribution in [3.8, 4) is 6.07 Å². The molecule has 5 nitrogen and oxygen atoms in total. The van der Waals surface area contributed by atoms with Gasteiger partial charge in [0.25, 0.3) is 0 Å². The Bertz CT molecular complexity index is 467. The van der Waals surface area contributed by atoms with Crippen molar-refractivity contribution in [2.45, 2.75) is 19.4 Å². The number of nitrogen functional groups attached to an aromatic ring is 1. The number of carbonyl (C=O) groups excluding carboxylic acids is 1. The number of likely N-dealkylation sites (N-methyl/N-ethyl adjacent to an activating group) is 1. The highest BCUT2D eigenvalue weighted by molar-refractivity contribution is 5.78. The molecule has 0 aliphatic carbocycles. The van der Waals surface area contributed by atoms with Crippen molar-refractivity contribution in [1.82, 2.24) is 10.2 Å². The van der Waals surface area contributed by atoms with Gasteiger partial charge in [-0.25, -0.2) is 0 Å². The van der Waals surface area contributed by atoms with Gasteiger partial charge in [0.2, 0.25) is 5.91 Å². The van der Waals surface area contributed by atoms with E-state index in [2.05, 4.69) is 5.32 Å². The van der Waals surface area contributed by atoms with Gasteiger partial charge >= 0.3 is 0 Å². The Hall–Kier alpha value is -2.06. The highest BCUT2D eigenvalue weighted by Crippen LogP contribution is 2.20. The van der Waals surface area contributed by atoms with Crippen LogP contribution in [0, 0.1) is 11.3 Å². The molecule has 19 heavy (non-hydrogen) atoms.